The first-order valence-corrected chi connectivity index (χ1v) is 12.0. The number of carbonyl (C=O) groups excluding carboxylic acids is 4. The number of para-hydroxylation sites is 1. The highest BCUT2D eigenvalue weighted by atomic mass is 16.5. The van der Waals surface area contributed by atoms with Crippen molar-refractivity contribution >= 4 is 29.3 Å². The van der Waals surface area contributed by atoms with Crippen molar-refractivity contribution in [3.63, 3.8) is 0 Å². The molecule has 0 aliphatic carbocycles. The molecule has 2 aromatic carbocycles. The number of hydrogen-bond donors (Lipinski definition) is 0. The predicted molar refractivity (Wildman–Crippen MR) is 127 cm³/mol. The number of aryl methyl sites for hydroxylation is 1. The van der Waals surface area contributed by atoms with Crippen molar-refractivity contribution in [1.82, 2.24) is 4.90 Å². The molecule has 4 rings (SSSR count). The SMILES string of the molecule is CCOC(=O)C(=O)[C@@H]1CCCN1C(=O)[C@@H]1Cc2ccccc2N1C(=O)CCCc1ccccc1. The second-order valence-electron chi connectivity index (χ2n) is 8.73. The van der Waals surface area contributed by atoms with Gasteiger partial charge in [-0.15, -0.1) is 0 Å². The summed E-state index contributed by atoms with van der Waals surface area (Å²) in [6.45, 7) is 2.13. The average Bonchev–Trinajstić information content (AvgIpc) is 3.49. The number of benzene rings is 2. The number of nitrogens with zero attached hydrogens (tertiary/aromatic N) is 2. The zero-order valence-electron chi connectivity index (χ0n) is 19.4. The van der Waals surface area contributed by atoms with Crippen LogP contribution in [0.3, 0.4) is 0 Å². The average molecular weight is 463 g/mol. The standard InChI is InChI=1S/C27H30N2O5/c1-2-34-27(33)25(31)22-15-9-17-28(22)26(32)23-18-20-13-6-7-14-21(20)29(23)24(30)16-8-12-19-10-4-3-5-11-19/h3-7,10-11,13-14,22-23H,2,8-9,12,15-18H2,1H3/t22-,23-/m0/s1. The van der Waals surface area contributed by atoms with Crippen LogP contribution in [0.25, 0.3) is 0 Å². The maximum absolute atomic E-state index is 13.6. The number of rotatable bonds is 8. The smallest absolute Gasteiger partial charge is 0.376 e. The molecule has 0 unspecified atom stereocenters. The van der Waals surface area contributed by atoms with Crippen LogP contribution in [0.1, 0.15) is 43.7 Å². The minimum atomic E-state index is -0.907. The third kappa shape index (κ3) is 4.88. The fourth-order valence-corrected chi connectivity index (χ4v) is 4.93. The molecule has 0 bridgehead atoms. The molecule has 0 saturated carbocycles. The summed E-state index contributed by atoms with van der Waals surface area (Å²) in [5.41, 5.74) is 2.85. The number of hydrogen-bond acceptors (Lipinski definition) is 5. The van der Waals surface area contributed by atoms with E-state index in [1.807, 2.05) is 54.6 Å². The van der Waals surface area contributed by atoms with E-state index < -0.39 is 23.8 Å². The summed E-state index contributed by atoms with van der Waals surface area (Å²) in [5, 5.41) is 0. The molecule has 178 valence electrons. The first kappa shape index (κ1) is 23.7. The topological polar surface area (TPSA) is 84.0 Å². The van der Waals surface area contributed by atoms with Crippen LogP contribution in [-0.2, 0) is 36.8 Å². The Labute approximate surface area is 199 Å². The second-order valence-corrected chi connectivity index (χ2v) is 8.73. The number of anilines is 1. The summed E-state index contributed by atoms with van der Waals surface area (Å²) in [6, 6.07) is 16.0. The lowest BCUT2D eigenvalue weighted by molar-refractivity contribution is -0.156. The molecule has 2 aromatic rings. The number of fused-ring (bicyclic) bond motifs is 1. The van der Waals surface area contributed by atoms with Gasteiger partial charge in [0.2, 0.25) is 11.8 Å². The van der Waals surface area contributed by atoms with Crippen molar-refractivity contribution in [2.75, 3.05) is 18.1 Å². The van der Waals surface area contributed by atoms with Gasteiger partial charge in [-0.3, -0.25) is 19.3 Å². The molecule has 34 heavy (non-hydrogen) atoms. The molecule has 2 atom stereocenters. The first-order chi connectivity index (χ1) is 16.5. The lowest BCUT2D eigenvalue weighted by Crippen LogP contribution is -2.53. The minimum Gasteiger partial charge on any atom is -0.460 e. The molecule has 2 heterocycles. The molecule has 1 saturated heterocycles. The van der Waals surface area contributed by atoms with E-state index in [9.17, 15) is 19.2 Å². The van der Waals surface area contributed by atoms with Crippen molar-refractivity contribution in [2.24, 2.45) is 0 Å². The van der Waals surface area contributed by atoms with E-state index in [0.29, 0.717) is 38.6 Å². The van der Waals surface area contributed by atoms with Crippen molar-refractivity contribution < 1.29 is 23.9 Å². The molecule has 0 spiro atoms. The molecule has 0 radical (unpaired) electrons. The summed E-state index contributed by atoms with van der Waals surface area (Å²) in [5.74, 6) is -1.99. The third-order valence-corrected chi connectivity index (χ3v) is 6.54. The number of esters is 1. The van der Waals surface area contributed by atoms with Crippen molar-refractivity contribution in [3.8, 4) is 0 Å². The third-order valence-electron chi connectivity index (χ3n) is 6.54. The fraction of sp³-hybridized carbons (Fsp3) is 0.407. The Balaban J connectivity index is 1.50. The monoisotopic (exact) mass is 462 g/mol. The van der Waals surface area contributed by atoms with E-state index in [1.54, 1.807) is 11.8 Å². The summed E-state index contributed by atoms with van der Waals surface area (Å²) < 4.78 is 4.87. The Bertz CT molecular complexity index is 1070. The van der Waals surface area contributed by atoms with Crippen molar-refractivity contribution in [1.29, 1.82) is 0 Å². The number of amides is 2. The highest BCUT2D eigenvalue weighted by Crippen LogP contribution is 2.35. The normalized spacial score (nSPS) is 19.1. The molecule has 7 nitrogen and oxygen atoms in total. The fourth-order valence-electron chi connectivity index (χ4n) is 4.93. The lowest BCUT2D eigenvalue weighted by atomic mass is 10.1. The summed E-state index contributed by atoms with van der Waals surface area (Å²) >= 11 is 0. The number of carbonyl (C=O) groups is 4. The van der Waals surface area contributed by atoms with E-state index in [1.165, 1.54) is 10.5 Å². The van der Waals surface area contributed by atoms with E-state index >= 15 is 0 Å². The Morgan fingerprint density at radius 1 is 0.971 bits per heavy atom. The molecular formula is C27H30N2O5. The highest BCUT2D eigenvalue weighted by Gasteiger charge is 2.45. The van der Waals surface area contributed by atoms with E-state index in [2.05, 4.69) is 0 Å². The van der Waals surface area contributed by atoms with E-state index in [0.717, 1.165) is 17.7 Å². The van der Waals surface area contributed by atoms with E-state index in [4.69, 9.17) is 4.74 Å². The Kier molecular flexibility index (Phi) is 7.40. The first-order valence-electron chi connectivity index (χ1n) is 12.0. The predicted octanol–water partition coefficient (Wildman–Crippen LogP) is 3.09. The molecule has 2 aliphatic heterocycles. The maximum atomic E-state index is 13.6. The van der Waals surface area contributed by atoms with Gasteiger partial charge in [0.1, 0.15) is 12.1 Å². The summed E-state index contributed by atoms with van der Waals surface area (Å²) in [6.07, 6.45) is 3.23. The van der Waals surface area contributed by atoms with Gasteiger partial charge >= 0.3 is 5.97 Å². The van der Waals surface area contributed by atoms with Crippen LogP contribution in [0.4, 0.5) is 5.69 Å². The van der Waals surface area contributed by atoms with Crippen LogP contribution < -0.4 is 4.90 Å². The zero-order chi connectivity index (χ0) is 24.1. The number of likely N-dealkylation sites (tertiary alicyclic amines) is 1. The molecule has 0 N–H and O–H groups in total. The van der Waals surface area contributed by atoms with Gasteiger partial charge in [-0.05, 0) is 49.8 Å². The molecule has 1 fully saturated rings. The summed E-state index contributed by atoms with van der Waals surface area (Å²) in [7, 11) is 0. The Morgan fingerprint density at radius 3 is 2.47 bits per heavy atom. The van der Waals surface area contributed by atoms with Crippen LogP contribution >= 0.6 is 0 Å². The number of Topliss-reactive ketones (excluding diaryl/α,β-unsaturated/α-hetero) is 1. The molecule has 7 heteroatoms. The van der Waals surface area contributed by atoms with Crippen LogP contribution in [0.15, 0.2) is 54.6 Å². The van der Waals surface area contributed by atoms with Gasteiger partial charge in [-0.2, -0.15) is 0 Å². The lowest BCUT2D eigenvalue weighted by Gasteiger charge is -2.31. The quantitative estimate of drug-likeness (QED) is 0.445. The van der Waals surface area contributed by atoms with Gasteiger partial charge in [0.25, 0.3) is 5.78 Å². The minimum absolute atomic E-state index is 0.105. The molecule has 0 aromatic heterocycles. The van der Waals surface area contributed by atoms with Crippen LogP contribution in [0.2, 0.25) is 0 Å². The van der Waals surface area contributed by atoms with Gasteiger partial charge in [0.15, 0.2) is 0 Å². The van der Waals surface area contributed by atoms with Crippen LogP contribution in [0, 0.1) is 0 Å². The molecule has 2 aliphatic rings. The Morgan fingerprint density at radius 2 is 1.71 bits per heavy atom. The van der Waals surface area contributed by atoms with E-state index in [-0.39, 0.29) is 18.4 Å². The van der Waals surface area contributed by atoms with Crippen LogP contribution in [0.5, 0.6) is 0 Å². The van der Waals surface area contributed by atoms with Gasteiger partial charge in [0, 0.05) is 25.1 Å². The maximum Gasteiger partial charge on any atom is 0.376 e. The van der Waals surface area contributed by atoms with Gasteiger partial charge in [-0.1, -0.05) is 48.5 Å². The Hall–Kier alpha value is -3.48. The van der Waals surface area contributed by atoms with Crippen molar-refractivity contribution in [2.45, 2.75) is 57.5 Å². The van der Waals surface area contributed by atoms with Crippen LogP contribution in [-0.4, -0.2) is 53.7 Å². The van der Waals surface area contributed by atoms with Gasteiger partial charge in [0.05, 0.1) is 6.61 Å². The van der Waals surface area contributed by atoms with Crippen molar-refractivity contribution in [3.05, 3.63) is 65.7 Å². The summed E-state index contributed by atoms with van der Waals surface area (Å²) in [4.78, 5) is 54.7. The number of ether oxygens (including phenoxy) is 1. The number of ketones is 1. The second kappa shape index (κ2) is 10.6. The highest BCUT2D eigenvalue weighted by molar-refractivity contribution is 6.36. The van der Waals surface area contributed by atoms with Gasteiger partial charge in [-0.25, -0.2) is 4.79 Å². The molecular weight excluding hydrogens is 432 g/mol. The largest absolute Gasteiger partial charge is 0.460 e. The van der Waals surface area contributed by atoms with Gasteiger partial charge < -0.3 is 9.64 Å². The molecule has 2 amide bonds. The zero-order valence-corrected chi connectivity index (χ0v) is 19.4.